The number of carbonyl (C=O) groups excluding carboxylic acids is 1. The lowest BCUT2D eigenvalue weighted by Crippen LogP contribution is -2.46. The molecule has 3 N–H and O–H groups in total. The third-order valence-electron chi connectivity index (χ3n) is 5.97. The Kier molecular flexibility index (Phi) is 5.60. The minimum atomic E-state index is -0.922. The van der Waals surface area contributed by atoms with E-state index < -0.39 is 6.09 Å². The highest BCUT2D eigenvalue weighted by Crippen LogP contribution is 2.30. The molecule has 1 saturated heterocycles. The van der Waals surface area contributed by atoms with Crippen molar-refractivity contribution in [1.82, 2.24) is 15.2 Å². The number of nitrogens with one attached hydrogen (secondary N) is 2. The summed E-state index contributed by atoms with van der Waals surface area (Å²) in [5.74, 6) is 0.426. The van der Waals surface area contributed by atoms with Crippen LogP contribution in [0.3, 0.4) is 0 Å². The first-order chi connectivity index (χ1) is 16.0. The molecule has 170 valence electrons. The van der Waals surface area contributed by atoms with Crippen LogP contribution in [-0.4, -0.2) is 46.1 Å². The molecule has 0 atom stereocenters. The first-order valence-electron chi connectivity index (χ1n) is 10.7. The van der Waals surface area contributed by atoms with E-state index >= 15 is 0 Å². The molecule has 2 aromatic carbocycles. The van der Waals surface area contributed by atoms with Gasteiger partial charge in [0.25, 0.3) is 5.91 Å². The highest BCUT2D eigenvalue weighted by molar-refractivity contribution is 6.31. The topological polar surface area (TPSA) is 108 Å². The van der Waals surface area contributed by atoms with Crippen molar-refractivity contribution in [3.05, 3.63) is 65.0 Å². The molecular formula is C24H22ClN3O5. The number of H-pyrrole nitrogens is 1. The van der Waals surface area contributed by atoms with Crippen LogP contribution in [-0.2, 0) is 6.61 Å². The number of carboxylic acid groups (broad SMARTS) is 1. The van der Waals surface area contributed by atoms with Crippen molar-refractivity contribution in [2.24, 2.45) is 0 Å². The average molecular weight is 468 g/mol. The maximum Gasteiger partial charge on any atom is 0.407 e. The molecule has 8 nitrogen and oxygen atoms in total. The number of aromatic amines is 1. The summed E-state index contributed by atoms with van der Waals surface area (Å²) < 4.78 is 11.6. The minimum absolute atomic E-state index is 0.0589. The number of hydrogen-bond donors (Lipinski definition) is 3. The van der Waals surface area contributed by atoms with Gasteiger partial charge in [0.15, 0.2) is 0 Å². The van der Waals surface area contributed by atoms with Crippen LogP contribution in [0.25, 0.3) is 21.9 Å². The number of aromatic nitrogens is 1. The first kappa shape index (κ1) is 21.2. The van der Waals surface area contributed by atoms with Crippen LogP contribution in [0.2, 0.25) is 5.02 Å². The molecule has 5 rings (SSSR count). The number of hydrogen-bond acceptors (Lipinski definition) is 4. The summed E-state index contributed by atoms with van der Waals surface area (Å²) >= 11 is 6.11. The Morgan fingerprint density at radius 3 is 2.79 bits per heavy atom. The molecule has 0 radical (unpaired) electrons. The van der Waals surface area contributed by atoms with Crippen LogP contribution in [0, 0.1) is 0 Å². The van der Waals surface area contributed by atoms with Crippen LogP contribution >= 0.6 is 11.6 Å². The van der Waals surface area contributed by atoms with E-state index in [-0.39, 0.29) is 11.9 Å². The minimum Gasteiger partial charge on any atom is -0.488 e. The van der Waals surface area contributed by atoms with Gasteiger partial charge in [-0.15, -0.1) is 0 Å². The van der Waals surface area contributed by atoms with Gasteiger partial charge in [0.2, 0.25) is 0 Å². The highest BCUT2D eigenvalue weighted by Gasteiger charge is 2.24. The maximum absolute atomic E-state index is 12.8. The van der Waals surface area contributed by atoms with Crippen molar-refractivity contribution >= 4 is 45.5 Å². The zero-order chi connectivity index (χ0) is 22.9. The van der Waals surface area contributed by atoms with E-state index in [1.807, 2.05) is 30.3 Å². The van der Waals surface area contributed by atoms with Gasteiger partial charge in [-0.25, -0.2) is 4.79 Å². The van der Waals surface area contributed by atoms with Gasteiger partial charge in [0, 0.05) is 46.0 Å². The smallest absolute Gasteiger partial charge is 0.407 e. The molecule has 0 spiro atoms. The number of ether oxygens (including phenoxy) is 1. The summed E-state index contributed by atoms with van der Waals surface area (Å²) in [6, 6.07) is 12.8. The van der Waals surface area contributed by atoms with Gasteiger partial charge in [-0.1, -0.05) is 17.7 Å². The van der Waals surface area contributed by atoms with Gasteiger partial charge in [-0.05, 0) is 49.2 Å². The summed E-state index contributed by atoms with van der Waals surface area (Å²) in [5, 5.41) is 14.4. The van der Waals surface area contributed by atoms with E-state index in [4.69, 9.17) is 25.9 Å². The van der Waals surface area contributed by atoms with Gasteiger partial charge in [-0.3, -0.25) is 4.79 Å². The largest absolute Gasteiger partial charge is 0.488 e. The fraction of sp³-hybridized carbons (Fsp3) is 0.250. The monoisotopic (exact) mass is 467 g/mol. The normalized spacial score (nSPS) is 14.6. The molecule has 3 heterocycles. The molecule has 0 bridgehead atoms. The standard InChI is InChI=1S/C24H22ClN3O5/c25-15-4-5-22-17(10-15)14(13-33-22)12-32-21-3-1-2-19-18(21)11-20(27-19)23(29)26-16-6-8-28(9-7-16)24(30)31/h1-5,10-11,13,16,27H,6-9,12H2,(H,26,29)(H,30,31). The van der Waals surface area contributed by atoms with Crippen molar-refractivity contribution in [2.45, 2.75) is 25.5 Å². The molecule has 33 heavy (non-hydrogen) atoms. The second-order valence-electron chi connectivity index (χ2n) is 8.11. The second-order valence-corrected chi connectivity index (χ2v) is 8.54. The fourth-order valence-corrected chi connectivity index (χ4v) is 4.35. The van der Waals surface area contributed by atoms with Crippen molar-refractivity contribution < 1.29 is 23.8 Å². The number of piperidine rings is 1. The van der Waals surface area contributed by atoms with Crippen LogP contribution in [0.4, 0.5) is 4.79 Å². The molecule has 1 aliphatic rings. The van der Waals surface area contributed by atoms with Crippen LogP contribution < -0.4 is 10.1 Å². The van der Waals surface area contributed by atoms with Gasteiger partial charge < -0.3 is 29.5 Å². The summed E-state index contributed by atoms with van der Waals surface area (Å²) in [5.41, 5.74) is 2.84. The molecule has 4 aromatic rings. The van der Waals surface area contributed by atoms with Crippen LogP contribution in [0.15, 0.2) is 53.1 Å². The SMILES string of the molecule is O=C(NC1CCN(C(=O)O)CC1)c1cc2c(OCc3coc4ccc(Cl)cc34)cccc2[nH]1. The predicted molar refractivity (Wildman–Crippen MR) is 124 cm³/mol. The van der Waals surface area contributed by atoms with E-state index in [1.165, 1.54) is 4.90 Å². The summed E-state index contributed by atoms with van der Waals surface area (Å²) in [6.07, 6.45) is 1.92. The quantitative estimate of drug-likeness (QED) is 0.382. The lowest BCUT2D eigenvalue weighted by Gasteiger charge is -2.30. The third kappa shape index (κ3) is 4.34. The number of benzene rings is 2. The fourth-order valence-electron chi connectivity index (χ4n) is 4.18. The molecule has 1 aliphatic heterocycles. The first-order valence-corrected chi connectivity index (χ1v) is 11.0. The Bertz CT molecular complexity index is 1340. The van der Waals surface area contributed by atoms with Gasteiger partial charge in [-0.2, -0.15) is 0 Å². The van der Waals surface area contributed by atoms with E-state index in [9.17, 15) is 9.59 Å². The number of furan rings is 1. The van der Waals surface area contributed by atoms with E-state index in [0.29, 0.717) is 49.0 Å². The lowest BCUT2D eigenvalue weighted by molar-refractivity contribution is 0.0903. The number of halogens is 1. The molecule has 0 aliphatic carbocycles. The maximum atomic E-state index is 12.8. The Morgan fingerprint density at radius 2 is 2.00 bits per heavy atom. The second kappa shape index (κ2) is 8.71. The molecule has 0 unspecified atom stereocenters. The average Bonchev–Trinajstić information content (AvgIpc) is 3.42. The molecule has 0 saturated carbocycles. The van der Waals surface area contributed by atoms with Crippen LogP contribution in [0.1, 0.15) is 28.9 Å². The van der Waals surface area contributed by atoms with E-state index in [0.717, 1.165) is 27.4 Å². The van der Waals surface area contributed by atoms with Crippen molar-refractivity contribution in [2.75, 3.05) is 13.1 Å². The molecule has 2 aromatic heterocycles. The molecule has 9 heteroatoms. The Labute approximate surface area is 194 Å². The number of amides is 2. The highest BCUT2D eigenvalue weighted by atomic mass is 35.5. The summed E-state index contributed by atoms with van der Waals surface area (Å²) in [7, 11) is 0. The zero-order valence-electron chi connectivity index (χ0n) is 17.6. The molecule has 2 amide bonds. The Balaban J connectivity index is 1.29. The lowest BCUT2D eigenvalue weighted by atomic mass is 10.1. The van der Waals surface area contributed by atoms with Crippen molar-refractivity contribution in [1.29, 1.82) is 0 Å². The Morgan fingerprint density at radius 1 is 1.18 bits per heavy atom. The summed E-state index contributed by atoms with van der Waals surface area (Å²) in [4.78, 5) is 28.4. The van der Waals surface area contributed by atoms with E-state index in [2.05, 4.69) is 10.3 Å². The Hall–Kier alpha value is -3.65. The van der Waals surface area contributed by atoms with Gasteiger partial charge >= 0.3 is 6.09 Å². The predicted octanol–water partition coefficient (Wildman–Crippen LogP) is 5.02. The molecular weight excluding hydrogens is 446 g/mol. The third-order valence-corrected chi connectivity index (χ3v) is 6.20. The zero-order valence-corrected chi connectivity index (χ0v) is 18.4. The summed E-state index contributed by atoms with van der Waals surface area (Å²) in [6.45, 7) is 1.12. The number of nitrogens with zero attached hydrogens (tertiary/aromatic N) is 1. The number of carbonyl (C=O) groups is 2. The van der Waals surface area contributed by atoms with E-state index in [1.54, 1.807) is 18.4 Å². The van der Waals surface area contributed by atoms with Crippen LogP contribution in [0.5, 0.6) is 5.75 Å². The molecule has 1 fully saturated rings. The van der Waals surface area contributed by atoms with Gasteiger partial charge in [0.05, 0.1) is 6.26 Å². The number of fused-ring (bicyclic) bond motifs is 2. The number of rotatable bonds is 5. The number of likely N-dealkylation sites (tertiary alicyclic amines) is 1. The van der Waals surface area contributed by atoms with Gasteiger partial charge in [0.1, 0.15) is 23.6 Å². The van der Waals surface area contributed by atoms with Crippen molar-refractivity contribution in [3.63, 3.8) is 0 Å². The van der Waals surface area contributed by atoms with Crippen molar-refractivity contribution in [3.8, 4) is 5.75 Å².